The van der Waals surface area contributed by atoms with E-state index >= 15 is 0 Å². The lowest BCUT2D eigenvalue weighted by atomic mass is 10.0. The van der Waals surface area contributed by atoms with Crippen molar-refractivity contribution in [1.29, 1.82) is 0 Å². The number of carbonyl (C=O) groups is 2. The molecule has 2 aromatic rings. The van der Waals surface area contributed by atoms with Crippen molar-refractivity contribution < 1.29 is 24.2 Å². The van der Waals surface area contributed by atoms with E-state index in [1.807, 2.05) is 48.5 Å². The van der Waals surface area contributed by atoms with Gasteiger partial charge in [-0.3, -0.25) is 0 Å². The summed E-state index contributed by atoms with van der Waals surface area (Å²) in [4.78, 5) is 23.1. The molecule has 0 amide bonds. The molecule has 1 aliphatic rings. The number of carboxylic acids is 1. The molecule has 1 fully saturated rings. The molecule has 0 bridgehead atoms. The maximum atomic E-state index is 11.7. The van der Waals surface area contributed by atoms with Crippen LogP contribution < -0.4 is 0 Å². The van der Waals surface area contributed by atoms with Crippen molar-refractivity contribution in [2.24, 2.45) is 0 Å². The summed E-state index contributed by atoms with van der Waals surface area (Å²) in [5.41, 5.74) is 1.49. The molecule has 0 saturated heterocycles. The highest BCUT2D eigenvalue weighted by atomic mass is 35.5. The van der Waals surface area contributed by atoms with Crippen molar-refractivity contribution in [3.8, 4) is 11.1 Å². The first-order valence-corrected chi connectivity index (χ1v) is 8.73. The third kappa shape index (κ3) is 3.74. The van der Waals surface area contributed by atoms with Gasteiger partial charge in [-0.25, -0.2) is 9.59 Å². The van der Waals surface area contributed by atoms with Gasteiger partial charge < -0.3 is 14.6 Å². The fourth-order valence-corrected chi connectivity index (χ4v) is 3.25. The van der Waals surface area contributed by atoms with Crippen LogP contribution in [0.15, 0.2) is 48.5 Å². The van der Waals surface area contributed by atoms with Gasteiger partial charge in [0.05, 0.1) is 6.61 Å². The standard InChI is InChI=1S/C20H19ClO5/c1-2-25-18(22)12-26-20(19(23)24)11-17(20)14-8-6-13(7-9-14)15-4-3-5-16(21)10-15/h3-10,17H,2,11-12H2,1H3,(H,23,24)/t17-,20?/m0/s1. The molecule has 1 N–H and O–H groups in total. The summed E-state index contributed by atoms with van der Waals surface area (Å²) in [6.45, 7) is 1.56. The molecule has 0 aliphatic heterocycles. The van der Waals surface area contributed by atoms with Gasteiger partial charge in [-0.1, -0.05) is 48.0 Å². The van der Waals surface area contributed by atoms with Crippen LogP contribution in [0.5, 0.6) is 0 Å². The molecule has 5 nitrogen and oxygen atoms in total. The highest BCUT2D eigenvalue weighted by molar-refractivity contribution is 6.30. The van der Waals surface area contributed by atoms with E-state index in [1.54, 1.807) is 6.92 Å². The molecule has 26 heavy (non-hydrogen) atoms. The van der Waals surface area contributed by atoms with E-state index in [0.717, 1.165) is 16.7 Å². The number of aliphatic carboxylic acids is 1. The van der Waals surface area contributed by atoms with Crippen LogP contribution in [0.2, 0.25) is 5.02 Å². The van der Waals surface area contributed by atoms with Gasteiger partial charge in [0.1, 0.15) is 6.61 Å². The molecule has 0 spiro atoms. The molecule has 1 saturated carbocycles. The van der Waals surface area contributed by atoms with Crippen LogP contribution in [0, 0.1) is 0 Å². The highest BCUT2D eigenvalue weighted by Gasteiger charge is 2.63. The number of carbonyl (C=O) groups excluding carboxylic acids is 1. The van der Waals surface area contributed by atoms with E-state index in [-0.39, 0.29) is 19.1 Å². The fraction of sp³-hybridized carbons (Fsp3) is 0.300. The maximum Gasteiger partial charge on any atom is 0.336 e. The fourth-order valence-electron chi connectivity index (χ4n) is 3.06. The average Bonchev–Trinajstić information content (AvgIpc) is 3.37. The van der Waals surface area contributed by atoms with Gasteiger partial charge in [0.15, 0.2) is 5.60 Å². The van der Waals surface area contributed by atoms with Crippen molar-refractivity contribution in [3.05, 3.63) is 59.1 Å². The zero-order valence-electron chi connectivity index (χ0n) is 14.3. The average molecular weight is 375 g/mol. The summed E-state index contributed by atoms with van der Waals surface area (Å²) in [6.07, 6.45) is 0.332. The van der Waals surface area contributed by atoms with Crippen molar-refractivity contribution >= 4 is 23.5 Å². The van der Waals surface area contributed by atoms with Gasteiger partial charge in [0.2, 0.25) is 0 Å². The van der Waals surface area contributed by atoms with E-state index < -0.39 is 17.5 Å². The van der Waals surface area contributed by atoms with Gasteiger partial charge in [-0.15, -0.1) is 0 Å². The largest absolute Gasteiger partial charge is 0.479 e. The topological polar surface area (TPSA) is 72.8 Å². The number of carboxylic acid groups (broad SMARTS) is 1. The minimum Gasteiger partial charge on any atom is -0.479 e. The normalized spacial score (nSPS) is 21.2. The number of rotatable bonds is 7. The van der Waals surface area contributed by atoms with Crippen LogP contribution in [-0.4, -0.2) is 35.9 Å². The molecule has 0 aromatic heterocycles. The molecule has 1 aliphatic carbocycles. The first-order chi connectivity index (χ1) is 12.5. The Kier molecular flexibility index (Phi) is 5.30. The second-order valence-corrected chi connectivity index (χ2v) is 6.61. The van der Waals surface area contributed by atoms with E-state index in [1.165, 1.54) is 0 Å². The molecule has 0 heterocycles. The summed E-state index contributed by atoms with van der Waals surface area (Å²) in [5.74, 6) is -1.91. The Hall–Kier alpha value is -2.37. The second-order valence-electron chi connectivity index (χ2n) is 6.18. The van der Waals surface area contributed by atoms with Crippen LogP contribution in [0.3, 0.4) is 0 Å². The Morgan fingerprint density at radius 1 is 1.19 bits per heavy atom. The van der Waals surface area contributed by atoms with Crippen molar-refractivity contribution in [1.82, 2.24) is 0 Å². The third-order valence-corrected chi connectivity index (χ3v) is 4.73. The predicted octanol–water partition coefficient (Wildman–Crippen LogP) is 3.90. The first-order valence-electron chi connectivity index (χ1n) is 8.35. The minimum atomic E-state index is -1.36. The smallest absolute Gasteiger partial charge is 0.336 e. The Morgan fingerprint density at radius 3 is 2.54 bits per heavy atom. The quantitative estimate of drug-likeness (QED) is 0.744. The summed E-state index contributed by atoms with van der Waals surface area (Å²) in [7, 11) is 0. The lowest BCUT2D eigenvalue weighted by Crippen LogP contribution is -2.31. The summed E-state index contributed by atoms with van der Waals surface area (Å²) >= 11 is 6.02. The molecule has 136 valence electrons. The SMILES string of the molecule is CCOC(=O)COC1(C(=O)O)C[C@H]1c1ccc(-c2cccc(Cl)c2)cc1. The molecule has 2 aromatic carbocycles. The van der Waals surface area contributed by atoms with E-state index in [4.69, 9.17) is 21.1 Å². The number of hydrogen-bond acceptors (Lipinski definition) is 4. The first kappa shape index (κ1) is 18.4. The molecule has 1 unspecified atom stereocenters. The zero-order chi connectivity index (χ0) is 18.7. The Morgan fingerprint density at radius 2 is 1.92 bits per heavy atom. The Labute approximate surface area is 156 Å². The molecule has 0 radical (unpaired) electrons. The number of hydrogen-bond donors (Lipinski definition) is 1. The second kappa shape index (κ2) is 7.48. The van der Waals surface area contributed by atoms with Crippen molar-refractivity contribution in [2.75, 3.05) is 13.2 Å². The summed E-state index contributed by atoms with van der Waals surface area (Å²) < 4.78 is 10.2. The van der Waals surface area contributed by atoms with Crippen LogP contribution in [0.4, 0.5) is 0 Å². The minimum absolute atomic E-state index is 0.233. The van der Waals surface area contributed by atoms with Crippen LogP contribution in [0.25, 0.3) is 11.1 Å². The lowest BCUT2D eigenvalue weighted by Gasteiger charge is -2.14. The van der Waals surface area contributed by atoms with Gasteiger partial charge >= 0.3 is 11.9 Å². The van der Waals surface area contributed by atoms with Crippen LogP contribution in [0.1, 0.15) is 24.8 Å². The molecule has 3 rings (SSSR count). The van der Waals surface area contributed by atoms with Gasteiger partial charge in [-0.2, -0.15) is 0 Å². The Balaban J connectivity index is 1.73. The maximum absolute atomic E-state index is 11.7. The van der Waals surface area contributed by atoms with E-state index in [2.05, 4.69) is 0 Å². The van der Waals surface area contributed by atoms with Gasteiger partial charge in [0, 0.05) is 10.9 Å². The number of halogens is 1. The molecule has 6 heteroatoms. The van der Waals surface area contributed by atoms with Crippen molar-refractivity contribution in [2.45, 2.75) is 24.9 Å². The lowest BCUT2D eigenvalue weighted by molar-refractivity contribution is -0.162. The van der Waals surface area contributed by atoms with Crippen LogP contribution in [-0.2, 0) is 19.1 Å². The molecular formula is C20H19ClO5. The highest BCUT2D eigenvalue weighted by Crippen LogP contribution is 2.54. The van der Waals surface area contributed by atoms with Gasteiger partial charge in [0.25, 0.3) is 0 Å². The van der Waals surface area contributed by atoms with Gasteiger partial charge in [-0.05, 0) is 42.2 Å². The molecule has 2 atom stereocenters. The number of benzene rings is 2. The predicted molar refractivity (Wildman–Crippen MR) is 97.2 cm³/mol. The Bertz CT molecular complexity index is 817. The number of esters is 1. The van der Waals surface area contributed by atoms with E-state index in [0.29, 0.717) is 11.4 Å². The van der Waals surface area contributed by atoms with E-state index in [9.17, 15) is 14.7 Å². The molecular weight excluding hydrogens is 356 g/mol. The monoisotopic (exact) mass is 374 g/mol. The number of ether oxygens (including phenoxy) is 2. The van der Waals surface area contributed by atoms with Crippen molar-refractivity contribution in [3.63, 3.8) is 0 Å². The summed E-state index contributed by atoms with van der Waals surface area (Å²) in [6, 6.07) is 15.2. The zero-order valence-corrected chi connectivity index (χ0v) is 15.0. The van der Waals surface area contributed by atoms with Crippen LogP contribution >= 0.6 is 11.6 Å². The third-order valence-electron chi connectivity index (χ3n) is 4.50. The summed E-state index contributed by atoms with van der Waals surface area (Å²) in [5, 5.41) is 10.2.